The number of thiocarbonyl (C=S) groups is 1. The zero-order chi connectivity index (χ0) is 19.8. The van der Waals surface area contributed by atoms with Crippen molar-refractivity contribution >= 4 is 40.2 Å². The smallest absolute Gasteiger partial charge is 0.276 e. The third kappa shape index (κ3) is 3.10. The molecule has 6 heteroatoms. The number of nitrogens with zero attached hydrogens (tertiary/aromatic N) is 3. The number of carbonyl (C=O) groups is 1. The van der Waals surface area contributed by atoms with Gasteiger partial charge in [-0.15, -0.1) is 0 Å². The van der Waals surface area contributed by atoms with Crippen LogP contribution in [-0.2, 0) is 11.3 Å². The van der Waals surface area contributed by atoms with Gasteiger partial charge in [0.2, 0.25) is 0 Å². The van der Waals surface area contributed by atoms with Gasteiger partial charge in [0.15, 0.2) is 5.11 Å². The summed E-state index contributed by atoms with van der Waals surface area (Å²) in [6.45, 7) is 3.00. The maximum Gasteiger partial charge on any atom is 0.276 e. The van der Waals surface area contributed by atoms with Gasteiger partial charge in [0.1, 0.15) is 11.5 Å². The number of amides is 1. The first kappa shape index (κ1) is 18.4. The fourth-order valence-electron chi connectivity index (χ4n) is 3.59. The van der Waals surface area contributed by atoms with Crippen LogP contribution in [0.4, 0.5) is 4.39 Å². The molecule has 4 nitrogen and oxygen atoms in total. The Morgan fingerprint density at radius 1 is 1.14 bits per heavy atom. The van der Waals surface area contributed by atoms with Gasteiger partial charge in [0, 0.05) is 42.8 Å². The molecule has 1 fully saturated rings. The number of para-hydroxylation sites is 1. The number of fused-ring (bicyclic) bond motifs is 1. The summed E-state index contributed by atoms with van der Waals surface area (Å²) in [5.74, 6) is -0.334. The summed E-state index contributed by atoms with van der Waals surface area (Å²) >= 11 is 5.38. The lowest BCUT2D eigenvalue weighted by Crippen LogP contribution is -2.30. The van der Waals surface area contributed by atoms with E-state index in [9.17, 15) is 9.18 Å². The van der Waals surface area contributed by atoms with Gasteiger partial charge in [-0.3, -0.25) is 9.69 Å². The van der Waals surface area contributed by atoms with Gasteiger partial charge in [-0.25, -0.2) is 4.39 Å². The Morgan fingerprint density at radius 2 is 1.93 bits per heavy atom. The second-order valence-electron chi connectivity index (χ2n) is 6.78. The third-order valence-electron chi connectivity index (χ3n) is 5.01. The molecule has 1 amide bonds. The van der Waals surface area contributed by atoms with Gasteiger partial charge in [-0.05, 0) is 49.0 Å². The van der Waals surface area contributed by atoms with Gasteiger partial charge < -0.3 is 9.47 Å². The SMILES string of the molecule is CCN1C(=O)/C(=C/c2cn(Cc3cccc(F)c3)c3ccccc23)N(C)C1=S. The van der Waals surface area contributed by atoms with Crippen LogP contribution in [0.2, 0.25) is 0 Å². The highest BCUT2D eigenvalue weighted by molar-refractivity contribution is 7.80. The molecule has 0 aliphatic carbocycles. The minimum atomic E-state index is -0.248. The molecule has 2 aromatic carbocycles. The quantitative estimate of drug-likeness (QED) is 0.490. The van der Waals surface area contributed by atoms with E-state index in [1.54, 1.807) is 21.9 Å². The van der Waals surface area contributed by atoms with E-state index in [2.05, 4.69) is 4.57 Å². The molecule has 1 saturated heterocycles. The van der Waals surface area contributed by atoms with Crippen LogP contribution < -0.4 is 0 Å². The molecule has 0 saturated carbocycles. The summed E-state index contributed by atoms with van der Waals surface area (Å²) in [6, 6.07) is 14.6. The van der Waals surface area contributed by atoms with Crippen molar-refractivity contribution < 1.29 is 9.18 Å². The first-order valence-electron chi connectivity index (χ1n) is 9.13. The topological polar surface area (TPSA) is 28.5 Å². The summed E-state index contributed by atoms with van der Waals surface area (Å²) in [7, 11) is 1.81. The minimum Gasteiger partial charge on any atom is -0.342 e. The van der Waals surface area contributed by atoms with Gasteiger partial charge in [0.25, 0.3) is 5.91 Å². The highest BCUT2D eigenvalue weighted by Crippen LogP contribution is 2.28. The van der Waals surface area contributed by atoms with Crippen LogP contribution >= 0.6 is 12.2 Å². The monoisotopic (exact) mass is 393 g/mol. The van der Waals surface area contributed by atoms with E-state index in [4.69, 9.17) is 12.2 Å². The summed E-state index contributed by atoms with van der Waals surface area (Å²) in [6.07, 6.45) is 3.88. The number of benzene rings is 2. The minimum absolute atomic E-state index is 0.0861. The first-order valence-corrected chi connectivity index (χ1v) is 9.54. The molecule has 1 aliphatic heterocycles. The van der Waals surface area contributed by atoms with Gasteiger partial charge in [-0.2, -0.15) is 0 Å². The fraction of sp³-hybridized carbons (Fsp3) is 0.182. The number of likely N-dealkylation sites (N-methyl/N-ethyl adjacent to an activating group) is 2. The Bertz CT molecular complexity index is 1120. The molecule has 1 aliphatic rings. The zero-order valence-corrected chi connectivity index (χ0v) is 16.5. The highest BCUT2D eigenvalue weighted by atomic mass is 32.1. The highest BCUT2D eigenvalue weighted by Gasteiger charge is 2.34. The molecule has 2 heterocycles. The number of halogens is 1. The molecule has 0 N–H and O–H groups in total. The number of hydrogen-bond donors (Lipinski definition) is 0. The molecule has 0 spiro atoms. The van der Waals surface area contributed by atoms with E-state index >= 15 is 0 Å². The summed E-state index contributed by atoms with van der Waals surface area (Å²) in [5.41, 5.74) is 3.40. The lowest BCUT2D eigenvalue weighted by molar-refractivity contribution is -0.122. The Balaban J connectivity index is 1.79. The van der Waals surface area contributed by atoms with Crippen LogP contribution in [0.15, 0.2) is 60.4 Å². The Morgan fingerprint density at radius 3 is 2.64 bits per heavy atom. The van der Waals surface area contributed by atoms with E-state index in [1.807, 2.05) is 56.6 Å². The van der Waals surface area contributed by atoms with Crippen LogP contribution in [0.1, 0.15) is 18.1 Å². The van der Waals surface area contributed by atoms with Crippen molar-refractivity contribution in [1.29, 1.82) is 0 Å². The molecule has 4 rings (SSSR count). The Hall–Kier alpha value is -2.99. The van der Waals surface area contributed by atoms with Crippen molar-refractivity contribution in [3.63, 3.8) is 0 Å². The number of hydrogen-bond acceptors (Lipinski definition) is 2. The maximum atomic E-state index is 13.6. The van der Waals surface area contributed by atoms with E-state index in [-0.39, 0.29) is 11.7 Å². The third-order valence-corrected chi connectivity index (χ3v) is 5.51. The standard InChI is InChI=1S/C22H20FN3OS/c1-3-26-21(27)20(24(2)22(26)28)12-16-14-25(19-10-5-4-9-18(16)19)13-15-7-6-8-17(23)11-15/h4-12,14H,3,13H2,1-2H3/b20-12-. The van der Waals surface area contributed by atoms with Crippen LogP contribution in [0.3, 0.4) is 0 Å². The molecule has 142 valence electrons. The zero-order valence-electron chi connectivity index (χ0n) is 15.7. The van der Waals surface area contributed by atoms with E-state index < -0.39 is 0 Å². The van der Waals surface area contributed by atoms with Crippen LogP contribution in [0.5, 0.6) is 0 Å². The van der Waals surface area contributed by atoms with Crippen molar-refractivity contribution in [3.05, 3.63) is 77.4 Å². The molecule has 0 radical (unpaired) electrons. The normalized spacial score (nSPS) is 16.0. The molecule has 0 unspecified atom stereocenters. The fourth-order valence-corrected chi connectivity index (χ4v) is 3.90. The predicted octanol–water partition coefficient (Wildman–Crippen LogP) is 4.25. The predicted molar refractivity (Wildman–Crippen MR) is 113 cm³/mol. The molecule has 28 heavy (non-hydrogen) atoms. The lowest BCUT2D eigenvalue weighted by Gasteiger charge is -2.13. The molecule has 3 aromatic rings. The largest absolute Gasteiger partial charge is 0.342 e. The van der Waals surface area contributed by atoms with Crippen molar-refractivity contribution in [2.75, 3.05) is 13.6 Å². The summed E-state index contributed by atoms with van der Waals surface area (Å²) in [4.78, 5) is 16.1. The van der Waals surface area contributed by atoms with Gasteiger partial charge in [0.05, 0.1) is 0 Å². The van der Waals surface area contributed by atoms with Crippen LogP contribution in [-0.4, -0.2) is 39.0 Å². The maximum absolute atomic E-state index is 13.6. The van der Waals surface area contributed by atoms with E-state index in [0.29, 0.717) is 23.9 Å². The van der Waals surface area contributed by atoms with Crippen molar-refractivity contribution in [2.45, 2.75) is 13.5 Å². The number of rotatable bonds is 4. The first-order chi connectivity index (χ1) is 13.5. The molecular formula is C22H20FN3OS. The summed E-state index contributed by atoms with van der Waals surface area (Å²) in [5, 5.41) is 1.55. The lowest BCUT2D eigenvalue weighted by atomic mass is 10.1. The Kier molecular flexibility index (Phi) is 4.73. The van der Waals surface area contributed by atoms with E-state index in [0.717, 1.165) is 22.0 Å². The molecule has 0 atom stereocenters. The average Bonchev–Trinajstić information content (AvgIpc) is 3.12. The number of carbonyl (C=O) groups excluding carboxylic acids is 1. The molecule has 1 aromatic heterocycles. The average molecular weight is 393 g/mol. The van der Waals surface area contributed by atoms with Crippen molar-refractivity contribution in [3.8, 4) is 0 Å². The van der Waals surface area contributed by atoms with Crippen LogP contribution in [0.25, 0.3) is 17.0 Å². The van der Waals surface area contributed by atoms with Gasteiger partial charge >= 0.3 is 0 Å². The van der Waals surface area contributed by atoms with E-state index in [1.165, 1.54) is 6.07 Å². The second-order valence-corrected chi connectivity index (χ2v) is 7.15. The van der Waals surface area contributed by atoms with Gasteiger partial charge in [-0.1, -0.05) is 30.3 Å². The molecular weight excluding hydrogens is 373 g/mol. The van der Waals surface area contributed by atoms with Crippen molar-refractivity contribution in [1.82, 2.24) is 14.4 Å². The molecule has 0 bridgehead atoms. The van der Waals surface area contributed by atoms with Crippen LogP contribution in [0, 0.1) is 5.82 Å². The Labute approximate surface area is 168 Å². The van der Waals surface area contributed by atoms with Crippen molar-refractivity contribution in [2.24, 2.45) is 0 Å². The second kappa shape index (κ2) is 7.20. The summed E-state index contributed by atoms with van der Waals surface area (Å²) < 4.78 is 15.6. The number of aromatic nitrogens is 1.